The van der Waals surface area contributed by atoms with E-state index in [1.165, 1.54) is 44.1 Å². The molecule has 100 valence electrons. The molecule has 1 aliphatic rings. The first-order valence-corrected chi connectivity index (χ1v) is 7.31. The van der Waals surface area contributed by atoms with Crippen molar-refractivity contribution >= 4 is 5.69 Å². The van der Waals surface area contributed by atoms with Crippen molar-refractivity contribution in [1.29, 1.82) is 0 Å². The van der Waals surface area contributed by atoms with Gasteiger partial charge in [0.05, 0.1) is 6.10 Å². The Labute approximate surface area is 111 Å². The molecule has 0 heterocycles. The van der Waals surface area contributed by atoms with Crippen molar-refractivity contribution < 1.29 is 4.74 Å². The monoisotopic (exact) mass is 247 g/mol. The van der Waals surface area contributed by atoms with E-state index in [0.717, 1.165) is 25.1 Å². The fraction of sp³-hybridized carbons (Fsp3) is 0.625. The zero-order chi connectivity index (χ0) is 12.6. The van der Waals surface area contributed by atoms with E-state index in [2.05, 4.69) is 12.1 Å². The highest BCUT2D eigenvalue weighted by Crippen LogP contribution is 2.20. The number of nitrogens with two attached hydrogens (primary N) is 1. The van der Waals surface area contributed by atoms with Crippen LogP contribution in [0.3, 0.4) is 0 Å². The SMILES string of the molecule is Nc1ccccc1CCCCOC1CCCCC1. The molecule has 2 nitrogen and oxygen atoms in total. The van der Waals surface area contributed by atoms with Crippen molar-refractivity contribution in [2.75, 3.05) is 12.3 Å². The number of para-hydroxylation sites is 1. The van der Waals surface area contributed by atoms with Gasteiger partial charge in [-0.05, 0) is 43.7 Å². The van der Waals surface area contributed by atoms with Crippen molar-refractivity contribution in [3.8, 4) is 0 Å². The van der Waals surface area contributed by atoms with Gasteiger partial charge in [0.25, 0.3) is 0 Å². The molecule has 0 spiro atoms. The van der Waals surface area contributed by atoms with E-state index in [1.54, 1.807) is 0 Å². The van der Waals surface area contributed by atoms with Gasteiger partial charge >= 0.3 is 0 Å². The third kappa shape index (κ3) is 4.34. The Kier molecular flexibility index (Phi) is 5.53. The minimum atomic E-state index is 0.542. The highest BCUT2D eigenvalue weighted by atomic mass is 16.5. The van der Waals surface area contributed by atoms with Crippen LogP contribution in [-0.4, -0.2) is 12.7 Å². The minimum absolute atomic E-state index is 0.542. The van der Waals surface area contributed by atoms with Crippen molar-refractivity contribution in [1.82, 2.24) is 0 Å². The molecule has 18 heavy (non-hydrogen) atoms. The molecule has 1 aliphatic carbocycles. The molecule has 0 radical (unpaired) electrons. The number of unbranched alkanes of at least 4 members (excludes halogenated alkanes) is 1. The summed E-state index contributed by atoms with van der Waals surface area (Å²) in [5, 5.41) is 0. The van der Waals surface area contributed by atoms with Gasteiger partial charge in [-0.2, -0.15) is 0 Å². The fourth-order valence-corrected chi connectivity index (χ4v) is 2.66. The summed E-state index contributed by atoms with van der Waals surface area (Å²) in [4.78, 5) is 0. The maximum absolute atomic E-state index is 5.92. The van der Waals surface area contributed by atoms with Gasteiger partial charge < -0.3 is 10.5 Å². The number of aryl methyl sites for hydroxylation is 1. The Balaban J connectivity index is 1.57. The lowest BCUT2D eigenvalue weighted by molar-refractivity contribution is 0.0265. The van der Waals surface area contributed by atoms with Crippen molar-refractivity contribution in [3.63, 3.8) is 0 Å². The van der Waals surface area contributed by atoms with Crippen molar-refractivity contribution in [2.24, 2.45) is 0 Å². The summed E-state index contributed by atoms with van der Waals surface area (Å²) in [5.74, 6) is 0. The quantitative estimate of drug-likeness (QED) is 0.610. The lowest BCUT2D eigenvalue weighted by Gasteiger charge is -2.21. The zero-order valence-electron chi connectivity index (χ0n) is 11.2. The average molecular weight is 247 g/mol. The van der Waals surface area contributed by atoms with Gasteiger partial charge in [-0.15, -0.1) is 0 Å². The second-order valence-corrected chi connectivity index (χ2v) is 5.29. The zero-order valence-corrected chi connectivity index (χ0v) is 11.2. The summed E-state index contributed by atoms with van der Waals surface area (Å²) in [6.45, 7) is 0.914. The van der Waals surface area contributed by atoms with E-state index >= 15 is 0 Å². The van der Waals surface area contributed by atoms with Crippen LogP contribution >= 0.6 is 0 Å². The van der Waals surface area contributed by atoms with Crippen LogP contribution in [0.2, 0.25) is 0 Å². The third-order valence-corrected chi connectivity index (χ3v) is 3.80. The van der Waals surface area contributed by atoms with Crippen LogP contribution in [0.25, 0.3) is 0 Å². The van der Waals surface area contributed by atoms with Crippen molar-refractivity contribution in [3.05, 3.63) is 29.8 Å². The first-order valence-electron chi connectivity index (χ1n) is 7.31. The number of ether oxygens (including phenoxy) is 1. The molecule has 1 aromatic carbocycles. The summed E-state index contributed by atoms with van der Waals surface area (Å²) in [6, 6.07) is 8.15. The van der Waals surface area contributed by atoms with E-state index in [1.807, 2.05) is 12.1 Å². The predicted octanol–water partition coefficient (Wildman–Crippen LogP) is 3.94. The van der Waals surface area contributed by atoms with E-state index in [-0.39, 0.29) is 0 Å². The number of hydrogen-bond donors (Lipinski definition) is 1. The van der Waals surface area contributed by atoms with E-state index < -0.39 is 0 Å². The molecule has 1 fully saturated rings. The van der Waals surface area contributed by atoms with Crippen LogP contribution in [0.15, 0.2) is 24.3 Å². The van der Waals surface area contributed by atoms with Gasteiger partial charge in [-0.3, -0.25) is 0 Å². The van der Waals surface area contributed by atoms with Gasteiger partial charge in [0.2, 0.25) is 0 Å². The van der Waals surface area contributed by atoms with Gasteiger partial charge in [0.15, 0.2) is 0 Å². The van der Waals surface area contributed by atoms with E-state index in [9.17, 15) is 0 Å². The molecule has 1 saturated carbocycles. The molecule has 2 heteroatoms. The molecule has 0 aliphatic heterocycles. The Morgan fingerprint density at radius 3 is 2.61 bits per heavy atom. The first-order chi connectivity index (χ1) is 8.86. The topological polar surface area (TPSA) is 35.2 Å². The largest absolute Gasteiger partial charge is 0.399 e. The van der Waals surface area contributed by atoms with Gasteiger partial charge in [-0.25, -0.2) is 0 Å². The number of hydrogen-bond acceptors (Lipinski definition) is 2. The number of anilines is 1. The molecule has 0 saturated heterocycles. The molecule has 0 bridgehead atoms. The first kappa shape index (κ1) is 13.4. The second-order valence-electron chi connectivity index (χ2n) is 5.29. The van der Waals surface area contributed by atoms with Crippen LogP contribution in [0.1, 0.15) is 50.5 Å². The highest BCUT2D eigenvalue weighted by molar-refractivity contribution is 5.46. The molecular formula is C16H25NO. The molecule has 2 rings (SSSR count). The Morgan fingerprint density at radius 1 is 1.06 bits per heavy atom. The normalized spacial score (nSPS) is 16.9. The lowest BCUT2D eigenvalue weighted by Crippen LogP contribution is -2.17. The summed E-state index contributed by atoms with van der Waals surface area (Å²) in [6.07, 6.45) is 10.6. The summed E-state index contributed by atoms with van der Waals surface area (Å²) in [5.41, 5.74) is 8.12. The molecule has 0 aromatic heterocycles. The Hall–Kier alpha value is -1.02. The maximum atomic E-state index is 5.92. The van der Waals surface area contributed by atoms with Gasteiger partial charge in [0, 0.05) is 12.3 Å². The van der Waals surface area contributed by atoms with Crippen LogP contribution in [0.4, 0.5) is 5.69 Å². The van der Waals surface area contributed by atoms with E-state index in [4.69, 9.17) is 10.5 Å². The number of benzene rings is 1. The lowest BCUT2D eigenvalue weighted by atomic mass is 9.98. The van der Waals surface area contributed by atoms with Crippen LogP contribution in [0, 0.1) is 0 Å². The van der Waals surface area contributed by atoms with Crippen LogP contribution < -0.4 is 5.73 Å². The number of rotatable bonds is 6. The van der Waals surface area contributed by atoms with Crippen molar-refractivity contribution in [2.45, 2.75) is 57.5 Å². The second kappa shape index (κ2) is 7.42. The molecule has 0 unspecified atom stereocenters. The molecule has 0 atom stereocenters. The van der Waals surface area contributed by atoms with E-state index in [0.29, 0.717) is 6.10 Å². The summed E-state index contributed by atoms with van der Waals surface area (Å²) in [7, 11) is 0. The van der Waals surface area contributed by atoms with Crippen LogP contribution in [-0.2, 0) is 11.2 Å². The molecular weight excluding hydrogens is 222 g/mol. The standard InChI is InChI=1S/C16H25NO/c17-16-12-5-4-8-14(16)9-6-7-13-18-15-10-2-1-3-11-15/h4-5,8,12,15H,1-3,6-7,9-11,13,17H2. The smallest absolute Gasteiger partial charge is 0.0575 e. The third-order valence-electron chi connectivity index (χ3n) is 3.80. The summed E-state index contributed by atoms with van der Waals surface area (Å²) >= 11 is 0. The minimum Gasteiger partial charge on any atom is -0.399 e. The average Bonchev–Trinajstić information content (AvgIpc) is 2.42. The Bertz CT molecular complexity index is 345. The highest BCUT2D eigenvalue weighted by Gasteiger charge is 2.12. The van der Waals surface area contributed by atoms with Gasteiger partial charge in [-0.1, -0.05) is 37.5 Å². The molecule has 1 aromatic rings. The van der Waals surface area contributed by atoms with Crippen LogP contribution in [0.5, 0.6) is 0 Å². The number of nitrogen functional groups attached to an aromatic ring is 1. The molecule has 0 amide bonds. The predicted molar refractivity (Wildman–Crippen MR) is 76.6 cm³/mol. The fourth-order valence-electron chi connectivity index (χ4n) is 2.66. The maximum Gasteiger partial charge on any atom is 0.0575 e. The van der Waals surface area contributed by atoms with Gasteiger partial charge in [0.1, 0.15) is 0 Å². The Morgan fingerprint density at radius 2 is 1.83 bits per heavy atom. The molecule has 2 N–H and O–H groups in total. The summed E-state index contributed by atoms with van der Waals surface area (Å²) < 4.78 is 5.92.